The zero-order valence-electron chi connectivity index (χ0n) is 13.1. The van der Waals surface area contributed by atoms with Crippen LogP contribution in [0.2, 0.25) is 0 Å². The fourth-order valence-corrected chi connectivity index (χ4v) is 1.64. The van der Waals surface area contributed by atoms with E-state index in [0.29, 0.717) is 12.0 Å². The van der Waals surface area contributed by atoms with Gasteiger partial charge in [0.2, 0.25) is 0 Å². The lowest BCUT2D eigenvalue weighted by Gasteiger charge is -2.20. The lowest BCUT2D eigenvalue weighted by molar-refractivity contribution is 0.480. The van der Waals surface area contributed by atoms with Gasteiger partial charge >= 0.3 is 0 Å². The summed E-state index contributed by atoms with van der Waals surface area (Å²) in [5, 5.41) is 14.3. The number of nitrogens with one attached hydrogen (secondary N) is 2. The molecule has 0 amide bonds. The maximum atomic E-state index is 4.61. The summed E-state index contributed by atoms with van der Waals surface area (Å²) < 4.78 is 1.99. The molecule has 1 rings (SSSR count). The highest BCUT2D eigenvalue weighted by molar-refractivity contribution is 5.80. The second kappa shape index (κ2) is 9.34. The van der Waals surface area contributed by atoms with Gasteiger partial charge in [-0.15, -0.1) is 10.2 Å². The van der Waals surface area contributed by atoms with Crippen LogP contribution in [0.25, 0.3) is 0 Å². The summed E-state index contributed by atoms with van der Waals surface area (Å²) >= 11 is 0. The van der Waals surface area contributed by atoms with Crippen LogP contribution >= 0.6 is 0 Å². The molecule has 0 radical (unpaired) electrons. The molecule has 0 bridgehead atoms. The molecule has 6 heteroatoms. The summed E-state index contributed by atoms with van der Waals surface area (Å²) in [5.74, 6) is 1.51. The van der Waals surface area contributed by atoms with Crippen molar-refractivity contribution in [1.29, 1.82) is 0 Å². The first kappa shape index (κ1) is 16.5. The summed E-state index contributed by atoms with van der Waals surface area (Å²) in [6, 6.07) is 0.421. The zero-order valence-corrected chi connectivity index (χ0v) is 13.1. The van der Waals surface area contributed by atoms with Crippen molar-refractivity contribution in [3.8, 4) is 0 Å². The first-order chi connectivity index (χ1) is 9.63. The van der Waals surface area contributed by atoms with Crippen molar-refractivity contribution in [2.45, 2.75) is 53.1 Å². The Kier molecular flexibility index (Phi) is 7.69. The van der Waals surface area contributed by atoms with E-state index in [1.807, 2.05) is 4.57 Å². The fraction of sp³-hybridized carbons (Fsp3) is 0.786. The van der Waals surface area contributed by atoms with Crippen LogP contribution in [0.5, 0.6) is 0 Å². The maximum Gasteiger partial charge on any atom is 0.191 e. The molecule has 0 aromatic carbocycles. The Morgan fingerprint density at radius 3 is 2.50 bits per heavy atom. The lowest BCUT2D eigenvalue weighted by atomic mass is 10.1. The third-order valence-electron chi connectivity index (χ3n) is 3.27. The van der Waals surface area contributed by atoms with E-state index in [1.165, 1.54) is 0 Å². The molecule has 0 spiro atoms. The molecule has 2 N–H and O–H groups in total. The van der Waals surface area contributed by atoms with Gasteiger partial charge in [0.15, 0.2) is 5.96 Å². The average molecular weight is 280 g/mol. The Morgan fingerprint density at radius 1 is 1.20 bits per heavy atom. The molecule has 0 saturated heterocycles. The van der Waals surface area contributed by atoms with Crippen LogP contribution in [-0.2, 0) is 6.54 Å². The number of hydrogen-bond donors (Lipinski definition) is 2. The van der Waals surface area contributed by atoms with Gasteiger partial charge in [-0.2, -0.15) is 0 Å². The summed E-state index contributed by atoms with van der Waals surface area (Å²) in [7, 11) is 0. The molecule has 0 saturated carbocycles. The summed E-state index contributed by atoms with van der Waals surface area (Å²) in [6.07, 6.45) is 5.64. The largest absolute Gasteiger partial charge is 0.357 e. The smallest absolute Gasteiger partial charge is 0.191 e. The normalized spacial score (nSPS) is 13.6. The van der Waals surface area contributed by atoms with Crippen molar-refractivity contribution in [2.75, 3.05) is 13.1 Å². The second-order valence-electron chi connectivity index (χ2n) is 5.34. The molecule has 6 nitrogen and oxygen atoms in total. The molecule has 1 atom stereocenters. The SMILES string of the molecule is CCNC(=NCCCCn1cnnc1)NC(C)C(C)C. The third-order valence-corrected chi connectivity index (χ3v) is 3.27. The fourth-order valence-electron chi connectivity index (χ4n) is 1.64. The third kappa shape index (κ3) is 6.54. The number of guanidine groups is 1. The predicted octanol–water partition coefficient (Wildman–Crippen LogP) is 1.66. The summed E-state index contributed by atoms with van der Waals surface area (Å²) in [6.45, 7) is 11.4. The summed E-state index contributed by atoms with van der Waals surface area (Å²) in [5.41, 5.74) is 0. The number of rotatable bonds is 8. The predicted molar refractivity (Wildman–Crippen MR) is 82.7 cm³/mol. The monoisotopic (exact) mass is 280 g/mol. The molecule has 0 fully saturated rings. The minimum atomic E-state index is 0.421. The van der Waals surface area contributed by atoms with Crippen LogP contribution in [0.1, 0.15) is 40.5 Å². The Balaban J connectivity index is 2.27. The van der Waals surface area contributed by atoms with Gasteiger partial charge in [0.25, 0.3) is 0 Å². The maximum absolute atomic E-state index is 4.61. The first-order valence-electron chi connectivity index (χ1n) is 7.50. The standard InChI is InChI=1S/C14H28N6/c1-5-15-14(19-13(4)12(2)3)16-8-6-7-9-20-10-17-18-11-20/h10-13H,5-9H2,1-4H3,(H2,15,16,19). The van der Waals surface area contributed by atoms with Gasteiger partial charge in [0.1, 0.15) is 12.7 Å². The van der Waals surface area contributed by atoms with E-state index >= 15 is 0 Å². The molecule has 1 heterocycles. The Bertz CT molecular complexity index is 371. The molecule has 1 aromatic rings. The molecule has 20 heavy (non-hydrogen) atoms. The lowest BCUT2D eigenvalue weighted by Crippen LogP contribution is -2.44. The number of aryl methyl sites for hydroxylation is 1. The van der Waals surface area contributed by atoms with Crippen LogP contribution in [0, 0.1) is 5.92 Å². The van der Waals surface area contributed by atoms with Gasteiger partial charge in [-0.3, -0.25) is 4.99 Å². The molecular weight excluding hydrogens is 252 g/mol. The van der Waals surface area contributed by atoms with E-state index in [4.69, 9.17) is 0 Å². The Labute approximate surface area is 122 Å². The van der Waals surface area contributed by atoms with Crippen LogP contribution < -0.4 is 10.6 Å². The average Bonchev–Trinajstić information content (AvgIpc) is 2.91. The minimum Gasteiger partial charge on any atom is -0.357 e. The summed E-state index contributed by atoms with van der Waals surface area (Å²) in [4.78, 5) is 4.61. The number of unbranched alkanes of at least 4 members (excludes halogenated alkanes) is 1. The number of aliphatic imine (C=N–C) groups is 1. The van der Waals surface area contributed by atoms with Crippen LogP contribution in [0.3, 0.4) is 0 Å². The van der Waals surface area contributed by atoms with Crippen molar-refractivity contribution in [3.05, 3.63) is 12.7 Å². The Morgan fingerprint density at radius 2 is 1.90 bits per heavy atom. The Hall–Kier alpha value is -1.59. The molecular formula is C14H28N6. The van der Waals surface area contributed by atoms with Crippen molar-refractivity contribution in [2.24, 2.45) is 10.9 Å². The number of hydrogen-bond acceptors (Lipinski definition) is 3. The molecule has 114 valence electrons. The highest BCUT2D eigenvalue weighted by Crippen LogP contribution is 2.00. The minimum absolute atomic E-state index is 0.421. The van der Waals surface area contributed by atoms with Crippen LogP contribution in [-0.4, -0.2) is 39.9 Å². The number of aromatic nitrogens is 3. The van der Waals surface area contributed by atoms with Crippen molar-refractivity contribution in [1.82, 2.24) is 25.4 Å². The van der Waals surface area contributed by atoms with Gasteiger partial charge in [-0.1, -0.05) is 13.8 Å². The van der Waals surface area contributed by atoms with E-state index in [1.54, 1.807) is 12.7 Å². The molecule has 0 aliphatic heterocycles. The van der Waals surface area contributed by atoms with Gasteiger partial charge in [-0.05, 0) is 32.6 Å². The zero-order chi connectivity index (χ0) is 14.8. The van der Waals surface area contributed by atoms with Gasteiger partial charge in [0.05, 0.1) is 0 Å². The van der Waals surface area contributed by atoms with E-state index in [0.717, 1.165) is 38.4 Å². The highest BCUT2D eigenvalue weighted by atomic mass is 15.2. The molecule has 0 aliphatic carbocycles. The van der Waals surface area contributed by atoms with Gasteiger partial charge < -0.3 is 15.2 Å². The highest BCUT2D eigenvalue weighted by Gasteiger charge is 2.08. The van der Waals surface area contributed by atoms with Crippen LogP contribution in [0.15, 0.2) is 17.6 Å². The number of nitrogens with zero attached hydrogens (tertiary/aromatic N) is 4. The van der Waals surface area contributed by atoms with Crippen molar-refractivity contribution in [3.63, 3.8) is 0 Å². The van der Waals surface area contributed by atoms with E-state index in [-0.39, 0.29) is 0 Å². The topological polar surface area (TPSA) is 67.1 Å². The van der Waals surface area contributed by atoms with E-state index < -0.39 is 0 Å². The van der Waals surface area contributed by atoms with Crippen LogP contribution in [0.4, 0.5) is 0 Å². The second-order valence-corrected chi connectivity index (χ2v) is 5.34. The quantitative estimate of drug-likeness (QED) is 0.432. The molecule has 1 unspecified atom stereocenters. The molecule has 0 aliphatic rings. The molecule has 1 aromatic heterocycles. The van der Waals surface area contributed by atoms with Gasteiger partial charge in [-0.25, -0.2) is 0 Å². The van der Waals surface area contributed by atoms with Crippen molar-refractivity contribution < 1.29 is 0 Å². The van der Waals surface area contributed by atoms with E-state index in [2.05, 4.69) is 53.5 Å². The first-order valence-corrected chi connectivity index (χ1v) is 7.50. The van der Waals surface area contributed by atoms with Gasteiger partial charge in [0, 0.05) is 25.7 Å². The van der Waals surface area contributed by atoms with Crippen molar-refractivity contribution >= 4 is 5.96 Å². The van der Waals surface area contributed by atoms with E-state index in [9.17, 15) is 0 Å².